The highest BCUT2D eigenvalue weighted by atomic mass is 35.5. The molecule has 1 rings (SSSR count). The van der Waals surface area contributed by atoms with E-state index in [0.29, 0.717) is 19.5 Å². The standard InChI is InChI=1S/C15H23N3O2.ClH/c1-11(2)10-13(19)18-14(15(20)17-9-8-16)12-6-4-3-5-7-12;/h3-7,11,14H,8-10,16H2,1-2H3,(H,17,20)(H,18,19);1H. The van der Waals surface area contributed by atoms with Crippen LogP contribution < -0.4 is 16.4 Å². The predicted octanol–water partition coefficient (Wildman–Crippen LogP) is 1.39. The van der Waals surface area contributed by atoms with Gasteiger partial charge >= 0.3 is 0 Å². The number of amides is 2. The van der Waals surface area contributed by atoms with E-state index < -0.39 is 6.04 Å². The molecule has 0 heterocycles. The van der Waals surface area contributed by atoms with Gasteiger partial charge in [0.1, 0.15) is 6.04 Å². The van der Waals surface area contributed by atoms with Crippen LogP contribution in [0, 0.1) is 5.92 Å². The van der Waals surface area contributed by atoms with Crippen molar-refractivity contribution in [2.45, 2.75) is 26.3 Å². The zero-order valence-corrected chi connectivity index (χ0v) is 13.3. The first kappa shape index (κ1) is 19.4. The number of nitrogens with one attached hydrogen (secondary N) is 2. The molecule has 0 aliphatic carbocycles. The Labute approximate surface area is 132 Å². The Kier molecular flexibility index (Phi) is 9.41. The van der Waals surface area contributed by atoms with Gasteiger partial charge in [0, 0.05) is 19.5 Å². The summed E-state index contributed by atoms with van der Waals surface area (Å²) < 4.78 is 0. The average molecular weight is 314 g/mol. The molecule has 6 heteroatoms. The summed E-state index contributed by atoms with van der Waals surface area (Å²) >= 11 is 0. The second-order valence-electron chi connectivity index (χ2n) is 5.09. The van der Waals surface area contributed by atoms with Crippen molar-refractivity contribution in [1.82, 2.24) is 10.6 Å². The van der Waals surface area contributed by atoms with Crippen LogP contribution in [0.15, 0.2) is 30.3 Å². The molecule has 1 aromatic carbocycles. The molecule has 0 aromatic heterocycles. The summed E-state index contributed by atoms with van der Waals surface area (Å²) in [7, 11) is 0. The molecule has 0 aliphatic heterocycles. The van der Waals surface area contributed by atoms with E-state index in [1.54, 1.807) is 0 Å². The Morgan fingerprint density at radius 2 is 1.81 bits per heavy atom. The van der Waals surface area contributed by atoms with Crippen molar-refractivity contribution in [3.8, 4) is 0 Å². The van der Waals surface area contributed by atoms with Crippen molar-refractivity contribution >= 4 is 24.2 Å². The molecular weight excluding hydrogens is 290 g/mol. The Morgan fingerprint density at radius 1 is 1.19 bits per heavy atom. The van der Waals surface area contributed by atoms with Gasteiger partial charge in [-0.2, -0.15) is 0 Å². The quantitative estimate of drug-likeness (QED) is 0.711. The van der Waals surface area contributed by atoms with Crippen LogP contribution in [-0.4, -0.2) is 24.9 Å². The maximum Gasteiger partial charge on any atom is 0.247 e. The van der Waals surface area contributed by atoms with Gasteiger partial charge < -0.3 is 16.4 Å². The van der Waals surface area contributed by atoms with Crippen molar-refractivity contribution in [3.05, 3.63) is 35.9 Å². The molecule has 0 spiro atoms. The number of rotatable bonds is 7. The summed E-state index contributed by atoms with van der Waals surface area (Å²) in [6.07, 6.45) is 0.396. The highest BCUT2D eigenvalue weighted by Crippen LogP contribution is 2.13. The van der Waals surface area contributed by atoms with E-state index in [1.165, 1.54) is 0 Å². The first-order valence-corrected chi connectivity index (χ1v) is 6.86. The third kappa shape index (κ3) is 7.11. The van der Waals surface area contributed by atoms with E-state index in [1.807, 2.05) is 44.2 Å². The molecule has 1 unspecified atom stereocenters. The molecule has 1 atom stereocenters. The van der Waals surface area contributed by atoms with Crippen LogP contribution >= 0.6 is 12.4 Å². The second-order valence-corrected chi connectivity index (χ2v) is 5.09. The summed E-state index contributed by atoms with van der Waals surface area (Å²) in [5, 5.41) is 5.49. The summed E-state index contributed by atoms with van der Waals surface area (Å²) in [6.45, 7) is 4.69. The molecule has 5 nitrogen and oxygen atoms in total. The molecule has 0 fully saturated rings. The molecule has 0 aliphatic rings. The van der Waals surface area contributed by atoms with Gasteiger partial charge in [0.2, 0.25) is 11.8 Å². The predicted molar refractivity (Wildman–Crippen MR) is 86.1 cm³/mol. The molecular formula is C15H24ClN3O2. The van der Waals surface area contributed by atoms with E-state index in [-0.39, 0.29) is 30.1 Å². The lowest BCUT2D eigenvalue weighted by Gasteiger charge is -2.19. The minimum Gasteiger partial charge on any atom is -0.353 e. The van der Waals surface area contributed by atoms with Crippen molar-refractivity contribution in [1.29, 1.82) is 0 Å². The van der Waals surface area contributed by atoms with Gasteiger partial charge in [0.25, 0.3) is 0 Å². The fraction of sp³-hybridized carbons (Fsp3) is 0.467. The van der Waals surface area contributed by atoms with Gasteiger partial charge in [0.05, 0.1) is 0 Å². The van der Waals surface area contributed by atoms with Gasteiger partial charge in [-0.15, -0.1) is 12.4 Å². The SMILES string of the molecule is CC(C)CC(=O)NC(C(=O)NCCN)c1ccccc1.Cl. The van der Waals surface area contributed by atoms with Crippen molar-refractivity contribution in [2.24, 2.45) is 11.7 Å². The van der Waals surface area contributed by atoms with Crippen molar-refractivity contribution in [2.75, 3.05) is 13.1 Å². The fourth-order valence-corrected chi connectivity index (χ4v) is 1.83. The average Bonchev–Trinajstić information content (AvgIpc) is 2.42. The number of nitrogens with two attached hydrogens (primary N) is 1. The van der Waals surface area contributed by atoms with Crippen LogP contribution in [0.2, 0.25) is 0 Å². The van der Waals surface area contributed by atoms with Crippen LogP contribution in [-0.2, 0) is 9.59 Å². The van der Waals surface area contributed by atoms with E-state index in [4.69, 9.17) is 5.73 Å². The maximum atomic E-state index is 12.1. The number of carbonyl (C=O) groups is 2. The lowest BCUT2D eigenvalue weighted by atomic mass is 10.0. The lowest BCUT2D eigenvalue weighted by molar-refractivity contribution is -0.129. The molecule has 1 aromatic rings. The van der Waals surface area contributed by atoms with E-state index >= 15 is 0 Å². The van der Waals surface area contributed by atoms with Gasteiger partial charge in [-0.25, -0.2) is 0 Å². The number of carbonyl (C=O) groups excluding carboxylic acids is 2. The molecule has 4 N–H and O–H groups in total. The summed E-state index contributed by atoms with van der Waals surface area (Å²) in [5.74, 6) is -0.117. The zero-order valence-electron chi connectivity index (χ0n) is 12.5. The van der Waals surface area contributed by atoms with Crippen LogP contribution in [0.1, 0.15) is 31.9 Å². The smallest absolute Gasteiger partial charge is 0.247 e. The lowest BCUT2D eigenvalue weighted by Crippen LogP contribution is -2.42. The normalized spacial score (nSPS) is 11.4. The topological polar surface area (TPSA) is 84.2 Å². The highest BCUT2D eigenvalue weighted by molar-refractivity contribution is 5.88. The maximum absolute atomic E-state index is 12.1. The Bertz CT molecular complexity index is 438. The number of halogens is 1. The fourth-order valence-electron chi connectivity index (χ4n) is 1.83. The second kappa shape index (κ2) is 10.2. The van der Waals surface area contributed by atoms with Crippen LogP contribution in [0.25, 0.3) is 0 Å². The van der Waals surface area contributed by atoms with Crippen LogP contribution in [0.3, 0.4) is 0 Å². The van der Waals surface area contributed by atoms with Crippen LogP contribution in [0.4, 0.5) is 0 Å². The summed E-state index contributed by atoms with van der Waals surface area (Å²) in [4.78, 5) is 24.0. The van der Waals surface area contributed by atoms with Gasteiger partial charge in [-0.05, 0) is 11.5 Å². The van der Waals surface area contributed by atoms with E-state index in [2.05, 4.69) is 10.6 Å². The largest absolute Gasteiger partial charge is 0.353 e. The van der Waals surface area contributed by atoms with Gasteiger partial charge in [-0.1, -0.05) is 44.2 Å². The van der Waals surface area contributed by atoms with E-state index in [9.17, 15) is 9.59 Å². The molecule has 0 saturated heterocycles. The Balaban J connectivity index is 0.00000400. The van der Waals surface area contributed by atoms with E-state index in [0.717, 1.165) is 5.56 Å². The number of benzene rings is 1. The number of hydrogen-bond donors (Lipinski definition) is 3. The monoisotopic (exact) mass is 313 g/mol. The zero-order chi connectivity index (χ0) is 15.0. The summed E-state index contributed by atoms with van der Waals surface area (Å²) in [6, 6.07) is 8.52. The summed E-state index contributed by atoms with van der Waals surface area (Å²) in [5.41, 5.74) is 6.14. The first-order valence-electron chi connectivity index (χ1n) is 6.86. The van der Waals surface area contributed by atoms with Gasteiger partial charge in [-0.3, -0.25) is 9.59 Å². The van der Waals surface area contributed by atoms with Gasteiger partial charge in [0.15, 0.2) is 0 Å². The number of hydrogen-bond acceptors (Lipinski definition) is 3. The van der Waals surface area contributed by atoms with Crippen molar-refractivity contribution in [3.63, 3.8) is 0 Å². The Hall–Kier alpha value is -1.59. The third-order valence-corrected chi connectivity index (χ3v) is 2.74. The first-order chi connectivity index (χ1) is 9.54. The minimum absolute atomic E-state index is 0. The third-order valence-electron chi connectivity index (χ3n) is 2.74. The Morgan fingerprint density at radius 3 is 2.33 bits per heavy atom. The van der Waals surface area contributed by atoms with Crippen molar-refractivity contribution < 1.29 is 9.59 Å². The molecule has 21 heavy (non-hydrogen) atoms. The highest BCUT2D eigenvalue weighted by Gasteiger charge is 2.22. The molecule has 0 bridgehead atoms. The molecule has 0 saturated carbocycles. The molecule has 0 radical (unpaired) electrons. The molecule has 2 amide bonds. The minimum atomic E-state index is -0.672. The molecule has 118 valence electrons. The van der Waals surface area contributed by atoms with Crippen LogP contribution in [0.5, 0.6) is 0 Å².